The molecule has 204 valence electrons. The number of rotatable bonds is 6. The number of carbonyl (C=O) groups excluding carboxylic acids is 2. The molecule has 38 heavy (non-hydrogen) atoms. The van der Waals surface area contributed by atoms with E-state index >= 15 is 0 Å². The number of benzene rings is 3. The van der Waals surface area contributed by atoms with Crippen molar-refractivity contribution in [3.63, 3.8) is 0 Å². The summed E-state index contributed by atoms with van der Waals surface area (Å²) in [6.07, 6.45) is -0.547. The summed E-state index contributed by atoms with van der Waals surface area (Å²) in [5.74, 6) is 0.0429. The van der Waals surface area contributed by atoms with E-state index in [4.69, 9.17) is 20.9 Å². The molecule has 0 unspecified atom stereocenters. The second kappa shape index (κ2) is 12.9. The van der Waals surface area contributed by atoms with Crippen LogP contribution in [-0.2, 0) is 19.6 Å². The quantitative estimate of drug-likeness (QED) is 0.117. The average molecular weight is 545 g/mol. The van der Waals surface area contributed by atoms with Crippen molar-refractivity contribution < 1.29 is 37.0 Å². The lowest BCUT2D eigenvalue weighted by Gasteiger charge is -2.19. The molecular formula is C26H32N4O7S. The van der Waals surface area contributed by atoms with Crippen molar-refractivity contribution in [3.8, 4) is 5.75 Å². The van der Waals surface area contributed by atoms with Crippen molar-refractivity contribution >= 4 is 44.6 Å². The third-order valence-corrected chi connectivity index (χ3v) is 5.52. The van der Waals surface area contributed by atoms with Crippen LogP contribution in [0.2, 0.25) is 0 Å². The van der Waals surface area contributed by atoms with Gasteiger partial charge in [-0.25, -0.2) is 18.2 Å². The van der Waals surface area contributed by atoms with Crippen LogP contribution in [0.4, 0.5) is 10.5 Å². The number of ether oxygens (including phenoxy) is 2. The topological polar surface area (TPSA) is 188 Å². The first kappa shape index (κ1) is 30.1. The van der Waals surface area contributed by atoms with E-state index in [-0.39, 0.29) is 23.8 Å². The van der Waals surface area contributed by atoms with Gasteiger partial charge in [-0.1, -0.05) is 29.8 Å². The van der Waals surface area contributed by atoms with Crippen LogP contribution in [0.15, 0.2) is 65.6 Å². The van der Waals surface area contributed by atoms with Gasteiger partial charge in [-0.2, -0.15) is 0 Å². The van der Waals surface area contributed by atoms with E-state index in [1.807, 2.05) is 31.2 Å². The summed E-state index contributed by atoms with van der Waals surface area (Å²) in [5.41, 5.74) is 12.1. The summed E-state index contributed by atoms with van der Waals surface area (Å²) in [7, 11) is -4.27. The number of guanidine groups is 1. The molecule has 6 N–H and O–H groups in total. The Balaban J connectivity index is 0.000000384. The van der Waals surface area contributed by atoms with Crippen LogP contribution in [0.1, 0.15) is 32.8 Å². The average Bonchev–Trinajstić information content (AvgIpc) is 2.77. The molecule has 3 rings (SSSR count). The largest absolute Gasteiger partial charge is 0.744 e. The van der Waals surface area contributed by atoms with E-state index in [1.165, 1.54) is 12.1 Å². The van der Waals surface area contributed by atoms with Crippen LogP contribution in [0, 0.1) is 6.92 Å². The van der Waals surface area contributed by atoms with Crippen molar-refractivity contribution in [2.45, 2.75) is 44.6 Å². The highest BCUT2D eigenvalue weighted by Crippen LogP contribution is 2.24. The molecule has 1 amide bonds. The molecule has 0 aliphatic carbocycles. The van der Waals surface area contributed by atoms with E-state index in [9.17, 15) is 22.6 Å². The Labute approximate surface area is 221 Å². The number of nitrogens with one attached hydrogen (secondary N) is 2. The Bertz CT molecular complexity index is 1410. The fraction of sp³-hybridized carbons (Fsp3) is 0.269. The normalized spacial score (nSPS) is 11.1. The number of hydrogen-bond donors (Lipinski definition) is 4. The van der Waals surface area contributed by atoms with Gasteiger partial charge in [-0.3, -0.25) is 16.3 Å². The lowest BCUT2D eigenvalue weighted by atomic mass is 10.1. The molecule has 0 saturated heterocycles. The van der Waals surface area contributed by atoms with Gasteiger partial charge in [-0.15, -0.1) is 0 Å². The molecular weight excluding hydrogens is 512 g/mol. The van der Waals surface area contributed by atoms with E-state index in [0.29, 0.717) is 5.75 Å². The first-order valence-electron chi connectivity index (χ1n) is 11.5. The molecule has 0 spiro atoms. The van der Waals surface area contributed by atoms with Crippen LogP contribution in [0.25, 0.3) is 10.8 Å². The zero-order valence-electron chi connectivity index (χ0n) is 21.6. The Morgan fingerprint density at radius 1 is 1.03 bits per heavy atom. The van der Waals surface area contributed by atoms with Crippen LogP contribution < -0.4 is 26.5 Å². The SMILES string of the molecule is CC(C)(C)OC(=O)NCCC(=O)Oc1ccc2c([NH+]=C(N)N)cccc2c1.Cc1ccc(S(=O)(=O)[O-])cc1. The van der Waals surface area contributed by atoms with E-state index in [1.54, 1.807) is 45.0 Å². The zero-order chi connectivity index (χ0) is 28.5. The summed E-state index contributed by atoms with van der Waals surface area (Å²) < 4.78 is 41.6. The molecule has 0 fully saturated rings. The van der Waals surface area contributed by atoms with Gasteiger partial charge in [0.15, 0.2) is 0 Å². The smallest absolute Gasteiger partial charge is 0.407 e. The molecule has 0 saturated carbocycles. The van der Waals surface area contributed by atoms with Crippen molar-refractivity contribution in [3.05, 3.63) is 66.2 Å². The molecule has 0 aliphatic heterocycles. The maximum atomic E-state index is 12.0. The fourth-order valence-electron chi connectivity index (χ4n) is 3.06. The van der Waals surface area contributed by atoms with Crippen LogP contribution >= 0.6 is 0 Å². The third kappa shape index (κ3) is 10.4. The number of alkyl carbamates (subject to hydrolysis) is 1. The maximum Gasteiger partial charge on any atom is 0.407 e. The molecule has 3 aromatic carbocycles. The summed E-state index contributed by atoms with van der Waals surface area (Å²) >= 11 is 0. The number of esters is 1. The van der Waals surface area contributed by atoms with Crippen molar-refractivity contribution in [2.24, 2.45) is 11.5 Å². The Kier molecular flexibility index (Phi) is 10.2. The van der Waals surface area contributed by atoms with Gasteiger partial charge in [0.1, 0.15) is 27.2 Å². The van der Waals surface area contributed by atoms with E-state index < -0.39 is 27.8 Å². The number of nitrogens with two attached hydrogens (primary N) is 2. The van der Waals surface area contributed by atoms with Crippen LogP contribution in [0.5, 0.6) is 5.75 Å². The molecule has 3 aromatic rings. The lowest BCUT2D eigenvalue weighted by molar-refractivity contribution is -0.354. The first-order chi connectivity index (χ1) is 17.6. The summed E-state index contributed by atoms with van der Waals surface area (Å²) in [5, 5.41) is 4.26. The monoisotopic (exact) mass is 544 g/mol. The highest BCUT2D eigenvalue weighted by molar-refractivity contribution is 7.85. The van der Waals surface area contributed by atoms with Gasteiger partial charge >= 0.3 is 18.0 Å². The number of carbonyl (C=O) groups is 2. The minimum absolute atomic E-state index is 0.0253. The molecule has 12 heteroatoms. The maximum absolute atomic E-state index is 12.0. The standard InChI is InChI=1S/C19H24N4O4.C7H8O3S/c1-19(2,3)27-18(25)22-10-9-16(24)26-13-7-8-14-12(11-13)5-4-6-15(14)23-17(20)21;1-6-2-4-7(5-3-6)11(8,9)10/h4-8,11H,9-10H2,1-3H3,(H,22,25)(H4,20,21,23);2-5H,1H3,(H,8,9,10). The van der Waals surface area contributed by atoms with Crippen LogP contribution in [0.3, 0.4) is 0 Å². The second-order valence-corrected chi connectivity index (χ2v) is 10.6. The minimum atomic E-state index is -4.27. The van der Waals surface area contributed by atoms with Gasteiger partial charge in [-0.05, 0) is 69.5 Å². The number of aryl methyl sites for hydroxylation is 1. The minimum Gasteiger partial charge on any atom is -0.744 e. The molecule has 0 atom stereocenters. The summed E-state index contributed by atoms with van der Waals surface area (Å²) in [6, 6.07) is 16.6. The summed E-state index contributed by atoms with van der Waals surface area (Å²) in [4.78, 5) is 26.2. The van der Waals surface area contributed by atoms with Crippen LogP contribution in [-0.4, -0.2) is 43.1 Å². The molecule has 0 heterocycles. The zero-order valence-corrected chi connectivity index (χ0v) is 22.4. The fourth-order valence-corrected chi connectivity index (χ4v) is 3.53. The molecule has 11 nitrogen and oxygen atoms in total. The Morgan fingerprint density at radius 3 is 2.26 bits per heavy atom. The first-order valence-corrected chi connectivity index (χ1v) is 12.9. The van der Waals surface area contributed by atoms with Crippen molar-refractivity contribution in [1.29, 1.82) is 0 Å². The number of hydrogen-bond acceptors (Lipinski definition) is 7. The highest BCUT2D eigenvalue weighted by atomic mass is 32.2. The van der Waals surface area contributed by atoms with Crippen molar-refractivity contribution in [1.82, 2.24) is 5.32 Å². The van der Waals surface area contributed by atoms with E-state index in [2.05, 4.69) is 10.3 Å². The summed E-state index contributed by atoms with van der Waals surface area (Å²) in [6.45, 7) is 7.24. The van der Waals surface area contributed by atoms with Gasteiger partial charge in [0.2, 0.25) is 0 Å². The van der Waals surface area contributed by atoms with Crippen molar-refractivity contribution in [2.75, 3.05) is 6.54 Å². The van der Waals surface area contributed by atoms with Gasteiger partial charge in [0.25, 0.3) is 0 Å². The van der Waals surface area contributed by atoms with Gasteiger partial charge < -0.3 is 19.3 Å². The Hall–Kier alpha value is -4.16. The lowest BCUT2D eigenvalue weighted by Crippen LogP contribution is -2.72. The molecule has 0 bridgehead atoms. The number of fused-ring (bicyclic) bond motifs is 1. The second-order valence-electron chi connectivity index (χ2n) is 9.19. The van der Waals surface area contributed by atoms with E-state index in [0.717, 1.165) is 22.0 Å². The predicted molar refractivity (Wildman–Crippen MR) is 142 cm³/mol. The predicted octanol–water partition coefficient (Wildman–Crippen LogP) is 1.54. The highest BCUT2D eigenvalue weighted by Gasteiger charge is 2.16. The van der Waals surface area contributed by atoms with Gasteiger partial charge in [0.05, 0.1) is 11.3 Å². The third-order valence-electron chi connectivity index (χ3n) is 4.67. The molecule has 0 aromatic heterocycles. The van der Waals surface area contributed by atoms with Gasteiger partial charge in [0, 0.05) is 11.9 Å². The molecule has 0 radical (unpaired) electrons. The number of amides is 1. The molecule has 0 aliphatic rings. The Morgan fingerprint density at radius 2 is 1.68 bits per heavy atom.